The average molecular weight is 281 g/mol. The van der Waals surface area contributed by atoms with Gasteiger partial charge in [-0.15, -0.1) is 0 Å². The van der Waals surface area contributed by atoms with Crippen LogP contribution < -0.4 is 5.32 Å². The highest BCUT2D eigenvalue weighted by atomic mass is 16.1. The van der Waals surface area contributed by atoms with Crippen LogP contribution in [0, 0.1) is 27.7 Å². The predicted molar refractivity (Wildman–Crippen MR) is 87.9 cm³/mol. The first kappa shape index (κ1) is 15.3. The van der Waals surface area contributed by atoms with Gasteiger partial charge in [-0.1, -0.05) is 42.0 Å². The van der Waals surface area contributed by atoms with Crippen LogP contribution in [0.1, 0.15) is 38.2 Å². The zero-order valence-corrected chi connectivity index (χ0v) is 13.3. The smallest absolute Gasteiger partial charge is 0.251 e. The number of hydrogen-bond acceptors (Lipinski definition) is 1. The van der Waals surface area contributed by atoms with E-state index in [0.717, 1.165) is 23.1 Å². The van der Waals surface area contributed by atoms with Crippen molar-refractivity contribution < 1.29 is 4.79 Å². The van der Waals surface area contributed by atoms with Crippen molar-refractivity contribution in [1.82, 2.24) is 5.32 Å². The molecule has 0 aromatic heterocycles. The molecule has 0 aliphatic rings. The van der Waals surface area contributed by atoms with Gasteiger partial charge in [0.05, 0.1) is 0 Å². The van der Waals surface area contributed by atoms with Gasteiger partial charge >= 0.3 is 0 Å². The molecule has 0 aliphatic carbocycles. The van der Waals surface area contributed by atoms with E-state index in [4.69, 9.17) is 0 Å². The second-order valence-electron chi connectivity index (χ2n) is 5.71. The second kappa shape index (κ2) is 6.57. The third-order valence-electron chi connectivity index (χ3n) is 3.85. The largest absolute Gasteiger partial charge is 0.352 e. The van der Waals surface area contributed by atoms with Gasteiger partial charge < -0.3 is 5.32 Å². The average Bonchev–Trinajstić information content (AvgIpc) is 2.39. The summed E-state index contributed by atoms with van der Waals surface area (Å²) >= 11 is 0. The SMILES string of the molecule is Cc1cc(C)c(C(=O)NCCc2ccccc2C)c(C)c1. The van der Waals surface area contributed by atoms with E-state index in [1.807, 2.05) is 26.0 Å². The van der Waals surface area contributed by atoms with Crippen LogP contribution in [-0.2, 0) is 6.42 Å². The summed E-state index contributed by atoms with van der Waals surface area (Å²) in [5.74, 6) is 0.0265. The molecular weight excluding hydrogens is 258 g/mol. The summed E-state index contributed by atoms with van der Waals surface area (Å²) in [7, 11) is 0. The predicted octanol–water partition coefficient (Wildman–Crippen LogP) is 3.89. The fourth-order valence-electron chi connectivity index (χ4n) is 2.83. The zero-order chi connectivity index (χ0) is 15.4. The Morgan fingerprint density at radius 1 is 0.952 bits per heavy atom. The van der Waals surface area contributed by atoms with Gasteiger partial charge in [-0.05, 0) is 56.4 Å². The Labute approximate surface area is 127 Å². The van der Waals surface area contributed by atoms with Crippen molar-refractivity contribution in [2.75, 3.05) is 6.54 Å². The third kappa shape index (κ3) is 3.72. The summed E-state index contributed by atoms with van der Waals surface area (Å²) in [6, 6.07) is 12.4. The minimum atomic E-state index is 0.0265. The summed E-state index contributed by atoms with van der Waals surface area (Å²) in [5.41, 5.74) is 6.65. The maximum absolute atomic E-state index is 12.4. The molecule has 2 aromatic rings. The van der Waals surface area contributed by atoms with Gasteiger partial charge in [-0.2, -0.15) is 0 Å². The lowest BCUT2D eigenvalue weighted by molar-refractivity contribution is 0.0953. The van der Waals surface area contributed by atoms with Crippen molar-refractivity contribution in [2.45, 2.75) is 34.1 Å². The van der Waals surface area contributed by atoms with Crippen molar-refractivity contribution >= 4 is 5.91 Å². The molecule has 0 aliphatic heterocycles. The molecule has 1 N–H and O–H groups in total. The molecule has 0 atom stereocenters. The molecular formula is C19H23NO. The summed E-state index contributed by atoms with van der Waals surface area (Å²) in [5, 5.41) is 3.04. The topological polar surface area (TPSA) is 29.1 Å². The van der Waals surface area contributed by atoms with Gasteiger partial charge in [0.15, 0.2) is 0 Å². The molecule has 0 spiro atoms. The molecule has 0 heterocycles. The van der Waals surface area contributed by atoms with Crippen LogP contribution in [0.15, 0.2) is 36.4 Å². The Hall–Kier alpha value is -2.09. The van der Waals surface area contributed by atoms with E-state index < -0.39 is 0 Å². The van der Waals surface area contributed by atoms with Gasteiger partial charge in [-0.3, -0.25) is 4.79 Å². The van der Waals surface area contributed by atoms with E-state index in [-0.39, 0.29) is 5.91 Å². The minimum absolute atomic E-state index is 0.0265. The van der Waals surface area contributed by atoms with Crippen LogP contribution >= 0.6 is 0 Å². The van der Waals surface area contributed by atoms with E-state index in [2.05, 4.69) is 43.4 Å². The number of nitrogens with one attached hydrogen (secondary N) is 1. The molecule has 0 bridgehead atoms. The number of carbonyl (C=O) groups excluding carboxylic acids is 1. The van der Waals surface area contributed by atoms with Gasteiger partial charge in [0, 0.05) is 12.1 Å². The minimum Gasteiger partial charge on any atom is -0.352 e. The van der Waals surface area contributed by atoms with Gasteiger partial charge in [0.25, 0.3) is 5.91 Å². The standard InChI is InChI=1S/C19H23NO/c1-13-11-15(3)18(16(4)12-13)19(21)20-10-9-17-8-6-5-7-14(17)2/h5-8,11-12H,9-10H2,1-4H3,(H,20,21). The Kier molecular flexibility index (Phi) is 4.79. The Balaban J connectivity index is 2.01. The molecule has 0 radical (unpaired) electrons. The molecule has 0 fully saturated rings. The summed E-state index contributed by atoms with van der Waals surface area (Å²) in [6.07, 6.45) is 0.863. The second-order valence-corrected chi connectivity index (χ2v) is 5.71. The molecule has 0 saturated heterocycles. The van der Waals surface area contributed by atoms with Crippen molar-refractivity contribution in [3.8, 4) is 0 Å². The molecule has 2 heteroatoms. The van der Waals surface area contributed by atoms with E-state index >= 15 is 0 Å². The first-order valence-corrected chi connectivity index (χ1v) is 7.39. The van der Waals surface area contributed by atoms with E-state index in [1.54, 1.807) is 0 Å². The van der Waals surface area contributed by atoms with Gasteiger partial charge in [0.1, 0.15) is 0 Å². The summed E-state index contributed by atoms with van der Waals surface area (Å²) in [4.78, 5) is 12.4. The monoisotopic (exact) mass is 281 g/mol. The van der Waals surface area contributed by atoms with Crippen LogP contribution in [0.3, 0.4) is 0 Å². The fraction of sp³-hybridized carbons (Fsp3) is 0.316. The maximum atomic E-state index is 12.4. The Morgan fingerprint density at radius 3 is 2.19 bits per heavy atom. The van der Waals surface area contributed by atoms with Crippen LogP contribution in [0.5, 0.6) is 0 Å². The highest BCUT2D eigenvalue weighted by molar-refractivity contribution is 5.97. The van der Waals surface area contributed by atoms with Crippen LogP contribution in [0.2, 0.25) is 0 Å². The number of amides is 1. The Morgan fingerprint density at radius 2 is 1.57 bits per heavy atom. The van der Waals surface area contributed by atoms with Crippen LogP contribution in [0.4, 0.5) is 0 Å². The lowest BCUT2D eigenvalue weighted by Gasteiger charge is -2.12. The third-order valence-corrected chi connectivity index (χ3v) is 3.85. The number of benzene rings is 2. The van der Waals surface area contributed by atoms with Gasteiger partial charge in [0.2, 0.25) is 0 Å². The normalized spacial score (nSPS) is 10.5. The first-order valence-electron chi connectivity index (χ1n) is 7.39. The molecule has 2 nitrogen and oxygen atoms in total. The molecule has 1 amide bonds. The fourth-order valence-corrected chi connectivity index (χ4v) is 2.83. The molecule has 0 saturated carbocycles. The number of rotatable bonds is 4. The van der Waals surface area contributed by atoms with Gasteiger partial charge in [-0.25, -0.2) is 0 Å². The molecule has 110 valence electrons. The van der Waals surface area contributed by atoms with Crippen molar-refractivity contribution in [2.24, 2.45) is 0 Å². The summed E-state index contributed by atoms with van der Waals surface area (Å²) < 4.78 is 0. The van der Waals surface area contributed by atoms with Crippen molar-refractivity contribution in [3.63, 3.8) is 0 Å². The molecule has 2 aromatic carbocycles. The molecule has 21 heavy (non-hydrogen) atoms. The first-order chi connectivity index (χ1) is 9.99. The van der Waals surface area contributed by atoms with E-state index in [9.17, 15) is 4.79 Å². The lowest BCUT2D eigenvalue weighted by Crippen LogP contribution is -2.27. The number of carbonyl (C=O) groups is 1. The highest BCUT2D eigenvalue weighted by Gasteiger charge is 2.12. The lowest BCUT2D eigenvalue weighted by atomic mass is 9.99. The maximum Gasteiger partial charge on any atom is 0.251 e. The van der Waals surface area contributed by atoms with E-state index in [0.29, 0.717) is 6.54 Å². The highest BCUT2D eigenvalue weighted by Crippen LogP contribution is 2.16. The van der Waals surface area contributed by atoms with Crippen LogP contribution in [-0.4, -0.2) is 12.5 Å². The summed E-state index contributed by atoms with van der Waals surface area (Å²) in [6.45, 7) is 8.81. The van der Waals surface area contributed by atoms with E-state index in [1.165, 1.54) is 16.7 Å². The zero-order valence-electron chi connectivity index (χ0n) is 13.3. The van der Waals surface area contributed by atoms with Crippen molar-refractivity contribution in [3.05, 3.63) is 69.8 Å². The molecule has 2 rings (SSSR count). The molecule has 0 unspecified atom stereocenters. The quantitative estimate of drug-likeness (QED) is 0.905. The Bertz CT molecular complexity index is 635. The van der Waals surface area contributed by atoms with Crippen molar-refractivity contribution in [1.29, 1.82) is 0 Å². The van der Waals surface area contributed by atoms with Crippen LogP contribution in [0.25, 0.3) is 0 Å². The number of aryl methyl sites for hydroxylation is 4. The number of hydrogen-bond donors (Lipinski definition) is 1.